The van der Waals surface area contributed by atoms with Crippen molar-refractivity contribution in [3.05, 3.63) is 24.3 Å². The van der Waals surface area contributed by atoms with Crippen LogP contribution >= 0.6 is 0 Å². The molecule has 21 heavy (non-hydrogen) atoms. The Morgan fingerprint density at radius 3 is 2.57 bits per heavy atom. The van der Waals surface area contributed by atoms with Crippen molar-refractivity contribution in [3.8, 4) is 0 Å². The predicted molar refractivity (Wildman–Crippen MR) is 85.6 cm³/mol. The van der Waals surface area contributed by atoms with Gasteiger partial charge in [0.1, 0.15) is 0 Å². The lowest BCUT2D eigenvalue weighted by molar-refractivity contribution is -0.117. The molecule has 0 spiro atoms. The number of anilines is 2. The first kappa shape index (κ1) is 15.8. The zero-order chi connectivity index (χ0) is 15.1. The van der Waals surface area contributed by atoms with Gasteiger partial charge >= 0.3 is 0 Å². The fourth-order valence-electron chi connectivity index (χ4n) is 2.45. The monoisotopic (exact) mass is 291 g/mol. The first-order valence-corrected chi connectivity index (χ1v) is 7.65. The number of nitrogens with zero attached hydrogens (tertiary/aromatic N) is 1. The minimum absolute atomic E-state index is 0.0337. The minimum atomic E-state index is 0.0337. The van der Waals surface area contributed by atoms with Crippen LogP contribution in [0.5, 0.6) is 0 Å². The van der Waals surface area contributed by atoms with Gasteiger partial charge in [-0.25, -0.2) is 0 Å². The average molecular weight is 291 g/mol. The molecule has 3 N–H and O–H groups in total. The van der Waals surface area contributed by atoms with Gasteiger partial charge in [-0.05, 0) is 36.7 Å². The van der Waals surface area contributed by atoms with E-state index in [-0.39, 0.29) is 11.8 Å². The highest BCUT2D eigenvalue weighted by Crippen LogP contribution is 2.19. The Bertz CT molecular complexity index is 437. The van der Waals surface area contributed by atoms with Gasteiger partial charge in [-0.15, -0.1) is 0 Å². The minimum Gasteiger partial charge on any atom is -0.378 e. The summed E-state index contributed by atoms with van der Waals surface area (Å²) in [6.07, 6.45) is 1.41. The Hall–Kier alpha value is -1.59. The number of ether oxygens (including phenoxy) is 1. The third-order valence-corrected chi connectivity index (χ3v) is 3.91. The molecule has 5 heteroatoms. The van der Waals surface area contributed by atoms with E-state index in [4.69, 9.17) is 10.5 Å². The number of amides is 1. The van der Waals surface area contributed by atoms with Gasteiger partial charge < -0.3 is 20.7 Å². The van der Waals surface area contributed by atoms with E-state index >= 15 is 0 Å². The van der Waals surface area contributed by atoms with Gasteiger partial charge in [0, 0.05) is 30.9 Å². The summed E-state index contributed by atoms with van der Waals surface area (Å²) in [4.78, 5) is 14.2. The van der Waals surface area contributed by atoms with Gasteiger partial charge in [-0.2, -0.15) is 0 Å². The molecule has 0 saturated carbocycles. The molecule has 0 bridgehead atoms. The van der Waals surface area contributed by atoms with Crippen LogP contribution in [0.2, 0.25) is 0 Å². The average Bonchev–Trinajstić information content (AvgIpc) is 2.54. The molecular weight excluding hydrogens is 266 g/mol. The molecule has 1 atom stereocenters. The summed E-state index contributed by atoms with van der Waals surface area (Å²) >= 11 is 0. The van der Waals surface area contributed by atoms with E-state index in [1.54, 1.807) is 0 Å². The Morgan fingerprint density at radius 2 is 2.00 bits per heavy atom. The highest BCUT2D eigenvalue weighted by atomic mass is 16.5. The van der Waals surface area contributed by atoms with Crippen LogP contribution < -0.4 is 16.0 Å². The Morgan fingerprint density at radius 1 is 1.33 bits per heavy atom. The van der Waals surface area contributed by atoms with Crippen LogP contribution in [0.4, 0.5) is 11.4 Å². The van der Waals surface area contributed by atoms with Crippen LogP contribution in [0.1, 0.15) is 19.8 Å². The molecule has 1 unspecified atom stereocenters. The number of rotatable bonds is 6. The van der Waals surface area contributed by atoms with Crippen LogP contribution in [-0.4, -0.2) is 38.8 Å². The molecular formula is C16H25N3O2. The van der Waals surface area contributed by atoms with E-state index in [0.717, 1.165) is 38.4 Å². The number of nitrogens with one attached hydrogen (secondary N) is 1. The Kier molecular flexibility index (Phi) is 6.02. The van der Waals surface area contributed by atoms with Crippen molar-refractivity contribution in [3.63, 3.8) is 0 Å². The Labute approximate surface area is 126 Å². The smallest absolute Gasteiger partial charge is 0.224 e. The zero-order valence-electron chi connectivity index (χ0n) is 12.7. The van der Waals surface area contributed by atoms with Gasteiger partial charge in [0.25, 0.3) is 0 Å². The maximum Gasteiger partial charge on any atom is 0.224 e. The molecule has 116 valence electrons. The fourth-order valence-corrected chi connectivity index (χ4v) is 2.45. The molecule has 1 aromatic rings. The van der Waals surface area contributed by atoms with Crippen molar-refractivity contribution >= 4 is 17.3 Å². The molecule has 1 saturated heterocycles. The largest absolute Gasteiger partial charge is 0.378 e. The Balaban J connectivity index is 1.88. The summed E-state index contributed by atoms with van der Waals surface area (Å²) in [6.45, 7) is 5.99. The van der Waals surface area contributed by atoms with Gasteiger partial charge in [0.05, 0.1) is 13.2 Å². The SMILES string of the molecule is CCC(CN)CC(=O)Nc1ccc(N2CCOCC2)cc1. The van der Waals surface area contributed by atoms with Crippen molar-refractivity contribution in [2.75, 3.05) is 43.1 Å². The number of hydrogen-bond donors (Lipinski definition) is 2. The third-order valence-electron chi connectivity index (χ3n) is 3.91. The first-order chi connectivity index (χ1) is 10.2. The van der Waals surface area contributed by atoms with Gasteiger partial charge in [-0.1, -0.05) is 13.3 Å². The number of nitrogens with two attached hydrogens (primary N) is 1. The molecule has 1 fully saturated rings. The molecule has 1 aliphatic rings. The quantitative estimate of drug-likeness (QED) is 0.839. The summed E-state index contributed by atoms with van der Waals surface area (Å²) in [6, 6.07) is 7.99. The van der Waals surface area contributed by atoms with Crippen LogP contribution in [0.15, 0.2) is 24.3 Å². The molecule has 1 aromatic carbocycles. The van der Waals surface area contributed by atoms with Crippen molar-refractivity contribution in [1.82, 2.24) is 0 Å². The van der Waals surface area contributed by atoms with Crippen molar-refractivity contribution in [2.24, 2.45) is 11.7 Å². The van der Waals surface area contributed by atoms with Gasteiger partial charge in [0.15, 0.2) is 0 Å². The normalized spacial score (nSPS) is 16.6. The fraction of sp³-hybridized carbons (Fsp3) is 0.562. The van der Waals surface area contributed by atoms with Crippen LogP contribution in [0.3, 0.4) is 0 Å². The second-order valence-electron chi connectivity index (χ2n) is 5.41. The van der Waals surface area contributed by atoms with E-state index < -0.39 is 0 Å². The first-order valence-electron chi connectivity index (χ1n) is 7.65. The number of carbonyl (C=O) groups is 1. The van der Waals surface area contributed by atoms with E-state index in [2.05, 4.69) is 17.1 Å². The van der Waals surface area contributed by atoms with Gasteiger partial charge in [-0.3, -0.25) is 4.79 Å². The van der Waals surface area contributed by atoms with Crippen LogP contribution in [0.25, 0.3) is 0 Å². The van der Waals surface area contributed by atoms with Crippen molar-refractivity contribution in [1.29, 1.82) is 0 Å². The van der Waals surface area contributed by atoms with E-state index in [0.29, 0.717) is 13.0 Å². The molecule has 0 radical (unpaired) electrons. The molecule has 5 nitrogen and oxygen atoms in total. The lowest BCUT2D eigenvalue weighted by Gasteiger charge is -2.28. The van der Waals surface area contributed by atoms with Gasteiger partial charge in [0.2, 0.25) is 5.91 Å². The molecule has 0 aromatic heterocycles. The highest BCUT2D eigenvalue weighted by Gasteiger charge is 2.12. The molecule has 2 rings (SSSR count). The highest BCUT2D eigenvalue weighted by molar-refractivity contribution is 5.91. The number of carbonyl (C=O) groups excluding carboxylic acids is 1. The number of hydrogen-bond acceptors (Lipinski definition) is 4. The molecule has 1 heterocycles. The second kappa shape index (κ2) is 8.00. The van der Waals surface area contributed by atoms with E-state index in [1.807, 2.05) is 24.3 Å². The van der Waals surface area contributed by atoms with Crippen molar-refractivity contribution < 1.29 is 9.53 Å². The summed E-state index contributed by atoms with van der Waals surface area (Å²) in [5.41, 5.74) is 7.64. The summed E-state index contributed by atoms with van der Waals surface area (Å²) < 4.78 is 5.35. The third kappa shape index (κ3) is 4.72. The van der Waals surface area contributed by atoms with Crippen LogP contribution in [0, 0.1) is 5.92 Å². The van der Waals surface area contributed by atoms with Crippen LogP contribution in [-0.2, 0) is 9.53 Å². The standard InChI is InChI=1S/C16H25N3O2/c1-2-13(12-17)11-16(20)18-14-3-5-15(6-4-14)19-7-9-21-10-8-19/h3-6,13H,2,7-12,17H2,1H3,(H,18,20). The van der Waals surface area contributed by atoms with E-state index in [1.165, 1.54) is 5.69 Å². The lowest BCUT2D eigenvalue weighted by Crippen LogP contribution is -2.36. The maximum absolute atomic E-state index is 11.9. The van der Waals surface area contributed by atoms with E-state index in [9.17, 15) is 4.79 Å². The summed E-state index contributed by atoms with van der Waals surface area (Å²) in [5.74, 6) is 0.295. The summed E-state index contributed by atoms with van der Waals surface area (Å²) in [7, 11) is 0. The maximum atomic E-state index is 11.9. The second-order valence-corrected chi connectivity index (χ2v) is 5.41. The topological polar surface area (TPSA) is 67.6 Å². The molecule has 0 aliphatic carbocycles. The zero-order valence-corrected chi connectivity index (χ0v) is 12.7. The predicted octanol–water partition coefficient (Wildman–Crippen LogP) is 1.84. The van der Waals surface area contributed by atoms with Crippen molar-refractivity contribution in [2.45, 2.75) is 19.8 Å². The lowest BCUT2D eigenvalue weighted by atomic mass is 10.0. The summed E-state index contributed by atoms with van der Waals surface area (Å²) in [5, 5.41) is 2.93. The molecule has 1 amide bonds. The molecule has 1 aliphatic heterocycles. The number of morpholine rings is 1. The number of benzene rings is 1.